The van der Waals surface area contributed by atoms with Crippen molar-refractivity contribution in [3.05, 3.63) is 131 Å². The Morgan fingerprint density at radius 3 is 1.14 bits per heavy atom. The Kier molecular flexibility index (Phi) is 9.39. The number of ketones is 2. The highest BCUT2D eigenvalue weighted by molar-refractivity contribution is 7.99. The van der Waals surface area contributed by atoms with Gasteiger partial charge in [0, 0.05) is 32.0 Å². The van der Waals surface area contributed by atoms with Crippen LogP contribution in [0.25, 0.3) is 0 Å². The van der Waals surface area contributed by atoms with Crippen LogP contribution in [0.2, 0.25) is 0 Å². The molecule has 2 nitrogen and oxygen atoms in total. The molecule has 0 bridgehead atoms. The highest BCUT2D eigenvalue weighted by Crippen LogP contribution is 2.24. The summed E-state index contributed by atoms with van der Waals surface area (Å²) in [5.74, 6) is 2.29. The summed E-state index contributed by atoms with van der Waals surface area (Å²) in [6.45, 7) is 0. The van der Waals surface area contributed by atoms with Crippen LogP contribution in [-0.4, -0.2) is 23.1 Å². The van der Waals surface area contributed by atoms with Crippen molar-refractivity contribution in [2.24, 2.45) is 0 Å². The van der Waals surface area contributed by atoms with Crippen molar-refractivity contribution in [3.8, 4) is 0 Å². The third kappa shape index (κ3) is 7.45. The maximum absolute atomic E-state index is 12.5. The number of carbonyl (C=O) groups excluding carboxylic acids is 2. The summed E-state index contributed by atoms with van der Waals surface area (Å²) in [4.78, 5) is 27.4. The summed E-state index contributed by atoms with van der Waals surface area (Å²) < 4.78 is 0. The van der Waals surface area contributed by atoms with Gasteiger partial charge in [0.25, 0.3) is 0 Å². The van der Waals surface area contributed by atoms with E-state index in [1.807, 2.05) is 133 Å². The molecule has 0 radical (unpaired) electrons. The second-order valence-corrected chi connectivity index (χ2v) is 10.5. The van der Waals surface area contributed by atoms with Crippen molar-refractivity contribution in [1.29, 1.82) is 0 Å². The lowest BCUT2D eigenvalue weighted by Crippen LogP contribution is -2.00. The van der Waals surface area contributed by atoms with Gasteiger partial charge in [0.05, 0.1) is 0 Å². The molecule has 4 heteroatoms. The van der Waals surface area contributed by atoms with Crippen molar-refractivity contribution in [3.63, 3.8) is 0 Å². The van der Waals surface area contributed by atoms with Crippen LogP contribution in [0.15, 0.2) is 119 Å². The summed E-state index contributed by atoms with van der Waals surface area (Å²) in [6.07, 6.45) is 3.52. The fourth-order valence-electron chi connectivity index (χ4n) is 3.68. The lowest BCUT2D eigenvalue weighted by Gasteiger charge is -2.06. The van der Waals surface area contributed by atoms with E-state index in [9.17, 15) is 9.59 Å². The molecule has 0 heterocycles. The van der Waals surface area contributed by atoms with Crippen molar-refractivity contribution in [2.75, 3.05) is 11.5 Å². The summed E-state index contributed by atoms with van der Waals surface area (Å²) in [5, 5.41) is 0. The zero-order valence-electron chi connectivity index (χ0n) is 19.6. The Hall–Kier alpha value is -3.08. The van der Waals surface area contributed by atoms with Gasteiger partial charge in [0.1, 0.15) is 0 Å². The zero-order chi connectivity index (χ0) is 24.3. The topological polar surface area (TPSA) is 34.1 Å². The van der Waals surface area contributed by atoms with Crippen LogP contribution >= 0.6 is 23.5 Å². The average Bonchev–Trinajstić information content (AvgIpc) is 2.93. The normalized spacial score (nSPS) is 10.7. The van der Waals surface area contributed by atoms with Gasteiger partial charge >= 0.3 is 0 Å². The number of hydrogen-bond donors (Lipinski definition) is 0. The van der Waals surface area contributed by atoms with Gasteiger partial charge in [-0.25, -0.2) is 0 Å². The molecule has 0 aliphatic heterocycles. The van der Waals surface area contributed by atoms with Crippen LogP contribution in [0.1, 0.15) is 51.1 Å². The molecule has 0 spiro atoms. The van der Waals surface area contributed by atoms with Crippen LogP contribution < -0.4 is 0 Å². The van der Waals surface area contributed by atoms with Crippen LogP contribution in [0.5, 0.6) is 0 Å². The van der Waals surface area contributed by atoms with Crippen molar-refractivity contribution in [1.82, 2.24) is 0 Å². The molecule has 4 aromatic carbocycles. The number of thioether (sulfide) groups is 2. The molecule has 35 heavy (non-hydrogen) atoms. The lowest BCUT2D eigenvalue weighted by molar-refractivity contribution is 0.103. The summed E-state index contributed by atoms with van der Waals surface area (Å²) >= 11 is 3.69. The monoisotopic (exact) mass is 496 g/mol. The van der Waals surface area contributed by atoms with E-state index in [0.29, 0.717) is 0 Å². The Labute approximate surface area is 216 Å². The van der Waals surface area contributed by atoms with E-state index in [-0.39, 0.29) is 11.6 Å². The lowest BCUT2D eigenvalue weighted by atomic mass is 10.0. The number of unbranched alkanes of at least 4 members (excludes halogenated alkanes) is 2. The van der Waals surface area contributed by atoms with Crippen molar-refractivity contribution >= 4 is 35.1 Å². The molecule has 0 aromatic heterocycles. The van der Waals surface area contributed by atoms with Crippen LogP contribution in [0.4, 0.5) is 0 Å². The molecular formula is C31H28O2S2. The van der Waals surface area contributed by atoms with Crippen molar-refractivity contribution in [2.45, 2.75) is 29.1 Å². The molecule has 0 saturated carbocycles. The molecule has 0 N–H and O–H groups in total. The van der Waals surface area contributed by atoms with Gasteiger partial charge in [-0.2, -0.15) is 0 Å². The number of benzene rings is 4. The third-order valence-electron chi connectivity index (χ3n) is 5.63. The van der Waals surface area contributed by atoms with Gasteiger partial charge in [0.2, 0.25) is 0 Å². The minimum Gasteiger partial charge on any atom is -0.289 e. The van der Waals surface area contributed by atoms with E-state index in [4.69, 9.17) is 0 Å². The van der Waals surface area contributed by atoms with E-state index >= 15 is 0 Å². The smallest absolute Gasteiger partial charge is 0.193 e. The van der Waals surface area contributed by atoms with Gasteiger partial charge in [-0.1, -0.05) is 67.1 Å². The Bertz CT molecular complexity index is 1120. The van der Waals surface area contributed by atoms with Crippen molar-refractivity contribution < 1.29 is 9.59 Å². The zero-order valence-corrected chi connectivity index (χ0v) is 21.2. The van der Waals surface area contributed by atoms with E-state index in [0.717, 1.165) is 33.8 Å². The first-order valence-electron chi connectivity index (χ1n) is 11.9. The predicted molar refractivity (Wildman–Crippen MR) is 148 cm³/mol. The van der Waals surface area contributed by atoms with Gasteiger partial charge in [0.15, 0.2) is 11.6 Å². The summed E-state index contributed by atoms with van der Waals surface area (Å²) in [6, 6.07) is 34.7. The first-order valence-corrected chi connectivity index (χ1v) is 13.8. The maximum Gasteiger partial charge on any atom is 0.193 e. The van der Waals surface area contributed by atoms with E-state index in [1.54, 1.807) is 0 Å². The largest absolute Gasteiger partial charge is 0.289 e. The molecule has 176 valence electrons. The van der Waals surface area contributed by atoms with Crippen LogP contribution in [0, 0.1) is 0 Å². The Morgan fingerprint density at radius 1 is 0.429 bits per heavy atom. The van der Waals surface area contributed by atoms with E-state index in [1.165, 1.54) is 29.1 Å². The van der Waals surface area contributed by atoms with Crippen LogP contribution in [0.3, 0.4) is 0 Å². The minimum atomic E-state index is 0.0667. The molecular weight excluding hydrogens is 468 g/mol. The molecule has 0 aliphatic rings. The van der Waals surface area contributed by atoms with Gasteiger partial charge in [-0.05, 0) is 72.9 Å². The molecule has 0 atom stereocenters. The average molecular weight is 497 g/mol. The number of rotatable bonds is 12. The molecule has 0 unspecified atom stereocenters. The molecule has 4 rings (SSSR count). The molecule has 0 amide bonds. The maximum atomic E-state index is 12.5. The summed E-state index contributed by atoms with van der Waals surface area (Å²) in [7, 11) is 0. The minimum absolute atomic E-state index is 0.0667. The van der Waals surface area contributed by atoms with E-state index in [2.05, 4.69) is 0 Å². The standard InChI is InChI=1S/C31H28O2S2/c32-30(24-10-4-1-5-11-24)26-14-18-28(19-15-26)34-22-8-3-9-23-35-29-20-16-27(17-21-29)31(33)25-12-6-2-7-13-25/h1-2,4-7,10-21H,3,8-9,22-23H2. The fourth-order valence-corrected chi connectivity index (χ4v) is 5.50. The second kappa shape index (κ2) is 13.1. The second-order valence-electron chi connectivity index (χ2n) is 8.20. The number of hydrogen-bond acceptors (Lipinski definition) is 4. The molecule has 0 saturated heterocycles. The third-order valence-corrected chi connectivity index (χ3v) is 7.83. The van der Waals surface area contributed by atoms with Crippen LogP contribution in [-0.2, 0) is 0 Å². The first-order chi connectivity index (χ1) is 17.2. The highest BCUT2D eigenvalue weighted by atomic mass is 32.2. The quantitative estimate of drug-likeness (QED) is 0.112. The highest BCUT2D eigenvalue weighted by Gasteiger charge is 2.09. The SMILES string of the molecule is O=C(c1ccccc1)c1ccc(SCCCCCSc2ccc(C(=O)c3ccccc3)cc2)cc1. The van der Waals surface area contributed by atoms with Gasteiger partial charge in [-0.15, -0.1) is 23.5 Å². The Morgan fingerprint density at radius 2 is 0.771 bits per heavy atom. The first kappa shape index (κ1) is 25.0. The molecule has 0 aliphatic carbocycles. The van der Waals surface area contributed by atoms with Gasteiger partial charge in [-0.3, -0.25) is 9.59 Å². The number of carbonyl (C=O) groups is 2. The predicted octanol–water partition coefficient (Wildman–Crippen LogP) is 8.20. The van der Waals surface area contributed by atoms with Gasteiger partial charge < -0.3 is 0 Å². The van der Waals surface area contributed by atoms with E-state index < -0.39 is 0 Å². The molecule has 0 fully saturated rings. The fraction of sp³-hybridized carbons (Fsp3) is 0.161. The summed E-state index contributed by atoms with van der Waals surface area (Å²) in [5.41, 5.74) is 2.91. The Balaban J connectivity index is 1.12. The molecule has 4 aromatic rings.